The van der Waals surface area contributed by atoms with E-state index in [9.17, 15) is 5.11 Å². The van der Waals surface area contributed by atoms with E-state index in [1.807, 2.05) is 48.5 Å². The van der Waals surface area contributed by atoms with Crippen molar-refractivity contribution in [1.82, 2.24) is 0 Å². The largest absolute Gasteiger partial charge is 0.392 e. The Labute approximate surface area is 124 Å². The lowest BCUT2D eigenvalue weighted by Gasteiger charge is -2.19. The third kappa shape index (κ3) is 3.97. The van der Waals surface area contributed by atoms with Crippen LogP contribution in [0.4, 0.5) is 0 Å². The number of hydrogen-bond acceptors (Lipinski definition) is 3. The van der Waals surface area contributed by atoms with Gasteiger partial charge in [0.1, 0.15) is 5.44 Å². The lowest BCUT2D eigenvalue weighted by molar-refractivity contribution is 0.213. The zero-order valence-corrected chi connectivity index (χ0v) is 12.2. The molecule has 1 N–H and O–H groups in total. The maximum atomic E-state index is 9.27. The minimum atomic E-state index is -0.146. The van der Waals surface area contributed by atoms with E-state index in [1.165, 1.54) is 0 Å². The molecule has 0 aromatic heterocycles. The lowest BCUT2D eigenvalue weighted by Crippen LogP contribution is -2.09. The van der Waals surface area contributed by atoms with Gasteiger partial charge in [-0.15, -0.1) is 0 Å². The summed E-state index contributed by atoms with van der Waals surface area (Å²) in [6.45, 7) is -0.000558. The van der Waals surface area contributed by atoms with Crippen LogP contribution in [0.3, 0.4) is 0 Å². The number of methoxy groups -OCH3 is 1. The van der Waals surface area contributed by atoms with Gasteiger partial charge in [-0.2, -0.15) is 0 Å². The van der Waals surface area contributed by atoms with Gasteiger partial charge in [0, 0.05) is 12.0 Å². The Hall–Kier alpha value is -1.55. The van der Waals surface area contributed by atoms with E-state index < -0.39 is 0 Å². The Balaban J connectivity index is 2.25. The van der Waals surface area contributed by atoms with Gasteiger partial charge in [-0.25, -0.2) is 0 Å². The van der Waals surface area contributed by atoms with Crippen molar-refractivity contribution in [2.75, 3.05) is 13.7 Å². The van der Waals surface area contributed by atoms with E-state index in [0.29, 0.717) is 0 Å². The van der Waals surface area contributed by atoms with Gasteiger partial charge in [-0.05, 0) is 23.3 Å². The summed E-state index contributed by atoms with van der Waals surface area (Å²) in [5.41, 5.74) is 1.91. The van der Waals surface area contributed by atoms with Crippen LogP contribution in [-0.2, 0) is 4.74 Å². The third-order valence-electron chi connectivity index (χ3n) is 2.87. The molecule has 0 radical (unpaired) electrons. The number of aliphatic hydroxyl groups excluding tert-OH is 1. The Morgan fingerprint density at radius 3 is 2.25 bits per heavy atom. The van der Waals surface area contributed by atoms with Crippen LogP contribution >= 0.6 is 11.8 Å². The van der Waals surface area contributed by atoms with Crippen LogP contribution in [0.5, 0.6) is 0 Å². The molecule has 2 aromatic carbocycles. The minimum absolute atomic E-state index is 0.000558. The Morgan fingerprint density at radius 1 is 1.10 bits per heavy atom. The molecule has 0 aliphatic carbocycles. The smallest absolute Gasteiger partial charge is 0.132 e. The fourth-order valence-electron chi connectivity index (χ4n) is 1.94. The van der Waals surface area contributed by atoms with E-state index in [-0.39, 0.29) is 12.0 Å². The van der Waals surface area contributed by atoms with Gasteiger partial charge in [0.25, 0.3) is 0 Å². The number of thioether (sulfide) groups is 1. The predicted octanol–water partition coefficient (Wildman–Crippen LogP) is 3.83. The summed E-state index contributed by atoms with van der Waals surface area (Å²) in [5, 5.41) is 9.27. The van der Waals surface area contributed by atoms with E-state index in [2.05, 4.69) is 12.1 Å². The molecule has 0 spiro atoms. The molecule has 1 atom stereocenters. The van der Waals surface area contributed by atoms with Gasteiger partial charge in [0.2, 0.25) is 0 Å². The van der Waals surface area contributed by atoms with Crippen molar-refractivity contribution in [1.29, 1.82) is 0 Å². The highest BCUT2D eigenvalue weighted by Crippen LogP contribution is 2.33. The molecular formula is C17H18O2S. The molecule has 0 saturated carbocycles. The molecule has 0 aliphatic rings. The van der Waals surface area contributed by atoms with Crippen LogP contribution in [0.25, 0.3) is 5.57 Å². The zero-order valence-electron chi connectivity index (χ0n) is 11.4. The molecule has 0 heterocycles. The molecule has 1 unspecified atom stereocenters. The standard InChI is InChI=1S/C17H18O2S/c1-19-17(20-15-10-6-3-7-11-15)16(12-13-18)14-8-4-2-5-9-14/h2-12,17-18H,13H2,1H3/b16-12+. The van der Waals surface area contributed by atoms with Gasteiger partial charge in [0.15, 0.2) is 0 Å². The van der Waals surface area contributed by atoms with Crippen molar-refractivity contribution in [2.24, 2.45) is 0 Å². The molecule has 2 aromatic rings. The zero-order chi connectivity index (χ0) is 14.2. The average molecular weight is 286 g/mol. The second-order valence-corrected chi connectivity index (χ2v) is 5.34. The molecule has 0 bridgehead atoms. The average Bonchev–Trinajstić information content (AvgIpc) is 2.52. The molecule has 3 heteroatoms. The van der Waals surface area contributed by atoms with Crippen LogP contribution in [0.15, 0.2) is 71.6 Å². The maximum absolute atomic E-state index is 9.27. The van der Waals surface area contributed by atoms with E-state index >= 15 is 0 Å². The molecule has 20 heavy (non-hydrogen) atoms. The third-order valence-corrected chi connectivity index (χ3v) is 4.08. The van der Waals surface area contributed by atoms with Crippen LogP contribution in [0, 0.1) is 0 Å². The SMILES string of the molecule is COC(Sc1ccccc1)/C(=C/CO)c1ccccc1. The van der Waals surface area contributed by atoms with Crippen LogP contribution < -0.4 is 0 Å². The fourth-order valence-corrected chi connectivity index (χ4v) is 2.96. The van der Waals surface area contributed by atoms with Gasteiger partial charge in [-0.3, -0.25) is 0 Å². The van der Waals surface area contributed by atoms with Gasteiger partial charge >= 0.3 is 0 Å². The monoisotopic (exact) mass is 286 g/mol. The molecule has 2 nitrogen and oxygen atoms in total. The fraction of sp³-hybridized carbons (Fsp3) is 0.176. The predicted molar refractivity (Wildman–Crippen MR) is 84.6 cm³/mol. The summed E-state index contributed by atoms with van der Waals surface area (Å²) in [4.78, 5) is 1.14. The van der Waals surface area contributed by atoms with E-state index in [1.54, 1.807) is 24.9 Å². The molecule has 2 rings (SSSR count). The molecule has 104 valence electrons. The minimum Gasteiger partial charge on any atom is -0.392 e. The molecule has 0 saturated heterocycles. The van der Waals surface area contributed by atoms with Crippen LogP contribution in [0.1, 0.15) is 5.56 Å². The molecule has 0 aliphatic heterocycles. The first-order chi connectivity index (χ1) is 9.85. The normalized spacial score (nSPS) is 13.2. The van der Waals surface area contributed by atoms with Gasteiger partial charge in [-0.1, -0.05) is 66.4 Å². The van der Waals surface area contributed by atoms with Crippen molar-refractivity contribution in [3.05, 3.63) is 72.3 Å². The summed E-state index contributed by atoms with van der Waals surface area (Å²) >= 11 is 1.63. The number of hydrogen-bond donors (Lipinski definition) is 1. The van der Waals surface area contributed by atoms with Gasteiger partial charge < -0.3 is 9.84 Å². The molecular weight excluding hydrogens is 268 g/mol. The summed E-state index contributed by atoms with van der Waals surface area (Å²) in [6, 6.07) is 20.1. The first-order valence-corrected chi connectivity index (χ1v) is 7.34. The number of ether oxygens (including phenoxy) is 1. The van der Waals surface area contributed by atoms with E-state index in [0.717, 1.165) is 16.0 Å². The second kappa shape index (κ2) is 7.90. The highest BCUT2D eigenvalue weighted by atomic mass is 32.2. The van der Waals surface area contributed by atoms with Crippen molar-refractivity contribution < 1.29 is 9.84 Å². The van der Waals surface area contributed by atoms with Crippen molar-refractivity contribution >= 4 is 17.3 Å². The Morgan fingerprint density at radius 2 is 1.70 bits per heavy atom. The first-order valence-electron chi connectivity index (χ1n) is 6.46. The summed E-state index contributed by atoms with van der Waals surface area (Å²) in [5.74, 6) is 0. The van der Waals surface area contributed by atoms with Crippen molar-refractivity contribution in [3.63, 3.8) is 0 Å². The quantitative estimate of drug-likeness (QED) is 0.646. The van der Waals surface area contributed by atoms with Crippen LogP contribution in [0.2, 0.25) is 0 Å². The second-order valence-electron chi connectivity index (χ2n) is 4.21. The number of benzene rings is 2. The van der Waals surface area contributed by atoms with Crippen LogP contribution in [-0.4, -0.2) is 24.3 Å². The van der Waals surface area contributed by atoms with Crippen molar-refractivity contribution in [2.45, 2.75) is 10.3 Å². The lowest BCUT2D eigenvalue weighted by atomic mass is 10.1. The first kappa shape index (κ1) is 14.9. The number of aliphatic hydroxyl groups is 1. The molecule has 0 amide bonds. The maximum Gasteiger partial charge on any atom is 0.132 e. The summed E-state index contributed by atoms with van der Waals surface area (Å²) in [7, 11) is 1.69. The highest BCUT2D eigenvalue weighted by molar-refractivity contribution is 8.00. The summed E-state index contributed by atoms with van der Waals surface area (Å²) in [6.07, 6.45) is 1.80. The molecule has 0 fully saturated rings. The Kier molecular flexibility index (Phi) is 5.87. The highest BCUT2D eigenvalue weighted by Gasteiger charge is 2.16. The summed E-state index contributed by atoms with van der Waals surface area (Å²) < 4.78 is 5.61. The Bertz CT molecular complexity index is 537. The topological polar surface area (TPSA) is 29.5 Å². The number of rotatable bonds is 6. The van der Waals surface area contributed by atoms with Crippen molar-refractivity contribution in [3.8, 4) is 0 Å². The van der Waals surface area contributed by atoms with Gasteiger partial charge in [0.05, 0.1) is 6.61 Å². The van der Waals surface area contributed by atoms with E-state index in [4.69, 9.17) is 4.74 Å².